The molecular weight excluding hydrogens is 268 g/mol. The molecule has 0 aliphatic heterocycles. The van der Waals surface area contributed by atoms with Gasteiger partial charge in [-0.1, -0.05) is 27.5 Å². The minimum atomic E-state index is 0.866. The van der Waals surface area contributed by atoms with Crippen molar-refractivity contribution in [2.24, 2.45) is 0 Å². The fraction of sp³-hybridized carbons (Fsp3) is 0.200. The van der Waals surface area contributed by atoms with Gasteiger partial charge in [0.05, 0.1) is 0 Å². The van der Waals surface area contributed by atoms with Crippen molar-refractivity contribution in [3.63, 3.8) is 0 Å². The van der Waals surface area contributed by atoms with Crippen LogP contribution in [-0.4, -0.2) is 0 Å². The van der Waals surface area contributed by atoms with Crippen LogP contribution >= 0.6 is 38.9 Å². The van der Waals surface area contributed by atoms with Crippen molar-refractivity contribution in [2.75, 3.05) is 0 Å². The van der Waals surface area contributed by atoms with Crippen LogP contribution in [0.5, 0.6) is 0 Å². The molecule has 0 saturated heterocycles. The highest BCUT2D eigenvalue weighted by Crippen LogP contribution is 2.34. The lowest BCUT2D eigenvalue weighted by atomic mass is 10.1. The third kappa shape index (κ3) is 1.63. The molecule has 0 nitrogen and oxygen atoms in total. The van der Waals surface area contributed by atoms with Gasteiger partial charge >= 0.3 is 0 Å². The second-order valence-corrected chi connectivity index (χ2v) is 4.89. The molecule has 0 spiro atoms. The van der Waals surface area contributed by atoms with E-state index in [4.69, 9.17) is 11.6 Å². The third-order valence-electron chi connectivity index (χ3n) is 1.99. The summed E-state index contributed by atoms with van der Waals surface area (Å²) in [4.78, 5) is 0. The molecule has 0 saturated carbocycles. The topological polar surface area (TPSA) is 0 Å². The lowest BCUT2D eigenvalue weighted by Crippen LogP contribution is -1.77. The fourth-order valence-electron chi connectivity index (χ4n) is 1.41. The Hall–Kier alpha value is -0.0500. The van der Waals surface area contributed by atoms with E-state index in [0.29, 0.717) is 0 Å². The molecule has 1 aromatic carbocycles. The first kappa shape index (κ1) is 9.50. The number of hydrogen-bond acceptors (Lipinski definition) is 1. The largest absolute Gasteiger partial charge is 0.143 e. The maximum absolute atomic E-state index is 6.17. The van der Waals surface area contributed by atoms with Crippen molar-refractivity contribution < 1.29 is 0 Å². The summed E-state index contributed by atoms with van der Waals surface area (Å²) >= 11 is 11.4. The molecular formula is C10H8BrClS. The Balaban J connectivity index is 2.82. The van der Waals surface area contributed by atoms with Gasteiger partial charge in [-0.15, -0.1) is 11.3 Å². The van der Waals surface area contributed by atoms with E-state index in [1.54, 1.807) is 11.3 Å². The standard InChI is InChI=1S/C10H8BrClS/c1-6-2-8(12)10-7(4-11)5-13-9(10)3-6/h2-3,5H,4H2,1H3. The summed E-state index contributed by atoms with van der Waals surface area (Å²) in [5.74, 6) is 0. The van der Waals surface area contributed by atoms with Crippen LogP contribution in [0.25, 0.3) is 10.1 Å². The smallest absolute Gasteiger partial charge is 0.0498 e. The highest BCUT2D eigenvalue weighted by molar-refractivity contribution is 9.08. The summed E-state index contributed by atoms with van der Waals surface area (Å²) in [5, 5.41) is 5.10. The molecule has 0 unspecified atom stereocenters. The quantitative estimate of drug-likeness (QED) is 0.658. The first-order chi connectivity index (χ1) is 6.22. The summed E-state index contributed by atoms with van der Waals surface area (Å²) < 4.78 is 1.28. The number of benzene rings is 1. The molecule has 0 fully saturated rings. The summed E-state index contributed by atoms with van der Waals surface area (Å²) in [5.41, 5.74) is 2.51. The zero-order valence-corrected chi connectivity index (χ0v) is 10.3. The Labute approximate surface area is 94.7 Å². The molecule has 0 atom stereocenters. The number of hydrogen-bond donors (Lipinski definition) is 0. The van der Waals surface area contributed by atoms with Crippen LogP contribution in [0.2, 0.25) is 5.02 Å². The van der Waals surface area contributed by atoms with E-state index in [-0.39, 0.29) is 0 Å². The maximum atomic E-state index is 6.17. The van der Waals surface area contributed by atoms with Gasteiger partial charge in [-0.3, -0.25) is 0 Å². The highest BCUT2D eigenvalue weighted by atomic mass is 79.9. The van der Waals surface area contributed by atoms with Gasteiger partial charge in [-0.05, 0) is 35.6 Å². The van der Waals surface area contributed by atoms with Crippen LogP contribution in [-0.2, 0) is 5.33 Å². The van der Waals surface area contributed by atoms with Gasteiger partial charge in [0.15, 0.2) is 0 Å². The molecule has 0 aliphatic rings. The summed E-state index contributed by atoms with van der Waals surface area (Å²) in [6, 6.07) is 4.20. The Kier molecular flexibility index (Phi) is 2.63. The van der Waals surface area contributed by atoms with Crippen LogP contribution < -0.4 is 0 Å². The second-order valence-electron chi connectivity index (χ2n) is 3.01. The first-order valence-electron chi connectivity index (χ1n) is 3.94. The molecule has 2 rings (SSSR count). The average molecular weight is 276 g/mol. The molecule has 3 heteroatoms. The molecule has 1 heterocycles. The second kappa shape index (κ2) is 3.60. The lowest BCUT2D eigenvalue weighted by Gasteiger charge is -1.99. The molecule has 0 bridgehead atoms. The van der Waals surface area contributed by atoms with E-state index in [1.165, 1.54) is 21.2 Å². The number of alkyl halides is 1. The normalized spacial score (nSPS) is 11.0. The SMILES string of the molecule is Cc1cc(Cl)c2c(CBr)csc2c1. The van der Waals surface area contributed by atoms with Crippen molar-refractivity contribution in [1.82, 2.24) is 0 Å². The van der Waals surface area contributed by atoms with Gasteiger partial charge in [0, 0.05) is 20.4 Å². The molecule has 0 N–H and O–H groups in total. The van der Waals surface area contributed by atoms with E-state index in [0.717, 1.165) is 10.4 Å². The molecule has 0 amide bonds. The Morgan fingerprint density at radius 1 is 1.46 bits per heavy atom. The Morgan fingerprint density at radius 2 is 2.23 bits per heavy atom. The Bertz CT molecular complexity index is 447. The van der Waals surface area contributed by atoms with Gasteiger partial charge < -0.3 is 0 Å². The van der Waals surface area contributed by atoms with Crippen molar-refractivity contribution in [1.29, 1.82) is 0 Å². The summed E-state index contributed by atoms with van der Waals surface area (Å²) in [6.45, 7) is 2.07. The van der Waals surface area contributed by atoms with Crippen LogP contribution in [0.15, 0.2) is 17.5 Å². The minimum Gasteiger partial charge on any atom is -0.143 e. The molecule has 0 radical (unpaired) electrons. The predicted octanol–water partition coefficient (Wildman–Crippen LogP) is 4.76. The summed E-state index contributed by atoms with van der Waals surface area (Å²) in [7, 11) is 0. The third-order valence-corrected chi connectivity index (χ3v) is 3.87. The van der Waals surface area contributed by atoms with Crippen LogP contribution in [0, 0.1) is 6.92 Å². The lowest BCUT2D eigenvalue weighted by molar-refractivity contribution is 1.50. The number of rotatable bonds is 1. The molecule has 13 heavy (non-hydrogen) atoms. The highest BCUT2D eigenvalue weighted by Gasteiger charge is 2.07. The van der Waals surface area contributed by atoms with Gasteiger partial charge in [-0.25, -0.2) is 0 Å². The van der Waals surface area contributed by atoms with E-state index in [9.17, 15) is 0 Å². The van der Waals surface area contributed by atoms with Crippen molar-refractivity contribution >= 4 is 49.0 Å². The molecule has 68 valence electrons. The fourth-order valence-corrected chi connectivity index (χ4v) is 3.60. The summed E-state index contributed by atoms with van der Waals surface area (Å²) in [6.07, 6.45) is 0. The van der Waals surface area contributed by atoms with Crippen LogP contribution in [0.1, 0.15) is 11.1 Å². The van der Waals surface area contributed by atoms with E-state index in [2.05, 4.69) is 34.3 Å². The average Bonchev–Trinajstić information content (AvgIpc) is 2.47. The van der Waals surface area contributed by atoms with Gasteiger partial charge in [0.1, 0.15) is 0 Å². The van der Waals surface area contributed by atoms with Crippen LogP contribution in [0.4, 0.5) is 0 Å². The van der Waals surface area contributed by atoms with E-state index in [1.807, 2.05) is 6.07 Å². The molecule has 1 aromatic heterocycles. The van der Waals surface area contributed by atoms with Crippen molar-refractivity contribution in [3.05, 3.63) is 33.7 Å². The van der Waals surface area contributed by atoms with E-state index < -0.39 is 0 Å². The minimum absolute atomic E-state index is 0.866. The Morgan fingerprint density at radius 3 is 2.92 bits per heavy atom. The van der Waals surface area contributed by atoms with Crippen molar-refractivity contribution in [3.8, 4) is 0 Å². The maximum Gasteiger partial charge on any atom is 0.0498 e. The zero-order chi connectivity index (χ0) is 9.42. The van der Waals surface area contributed by atoms with Gasteiger partial charge in [0.2, 0.25) is 0 Å². The number of fused-ring (bicyclic) bond motifs is 1. The monoisotopic (exact) mass is 274 g/mol. The first-order valence-corrected chi connectivity index (χ1v) is 6.32. The molecule has 0 aliphatic carbocycles. The predicted molar refractivity (Wildman–Crippen MR) is 64.2 cm³/mol. The molecule has 2 aromatic rings. The van der Waals surface area contributed by atoms with Crippen molar-refractivity contribution in [2.45, 2.75) is 12.3 Å². The van der Waals surface area contributed by atoms with E-state index >= 15 is 0 Å². The zero-order valence-electron chi connectivity index (χ0n) is 7.10. The van der Waals surface area contributed by atoms with Gasteiger partial charge in [0.25, 0.3) is 0 Å². The van der Waals surface area contributed by atoms with Crippen LogP contribution in [0.3, 0.4) is 0 Å². The number of halogens is 2. The number of aryl methyl sites for hydroxylation is 1. The van der Waals surface area contributed by atoms with Gasteiger partial charge in [-0.2, -0.15) is 0 Å². The number of thiophene rings is 1.